The highest BCUT2D eigenvalue weighted by molar-refractivity contribution is 5.87. The fourth-order valence-corrected chi connectivity index (χ4v) is 2.46. The Morgan fingerprint density at radius 1 is 1.60 bits per heavy atom. The Morgan fingerprint density at radius 3 is 3.00 bits per heavy atom. The molecule has 1 aliphatic rings. The number of likely N-dealkylation sites (tertiary alicyclic amines) is 1. The van der Waals surface area contributed by atoms with Crippen molar-refractivity contribution < 1.29 is 9.90 Å². The van der Waals surface area contributed by atoms with Crippen molar-refractivity contribution in [1.82, 2.24) is 14.7 Å². The molecule has 1 aromatic rings. The van der Waals surface area contributed by atoms with Crippen LogP contribution in [0.5, 0.6) is 0 Å². The van der Waals surface area contributed by atoms with Gasteiger partial charge in [0, 0.05) is 38.8 Å². The number of aliphatic hydroxyl groups is 1. The lowest BCUT2D eigenvalue weighted by atomic mass is 10.1. The van der Waals surface area contributed by atoms with Gasteiger partial charge in [0.2, 0.25) is 5.91 Å². The Bertz CT molecular complexity index is 458. The summed E-state index contributed by atoms with van der Waals surface area (Å²) < 4.78 is 1.91. The van der Waals surface area contributed by atoms with Gasteiger partial charge in [-0.05, 0) is 12.3 Å². The molecule has 20 heavy (non-hydrogen) atoms. The van der Waals surface area contributed by atoms with E-state index in [0.717, 1.165) is 19.5 Å². The van der Waals surface area contributed by atoms with E-state index < -0.39 is 0 Å². The Balaban J connectivity index is 1.89. The van der Waals surface area contributed by atoms with Crippen molar-refractivity contribution in [2.45, 2.75) is 39.3 Å². The van der Waals surface area contributed by atoms with E-state index in [4.69, 9.17) is 0 Å². The zero-order chi connectivity index (χ0) is 14.7. The van der Waals surface area contributed by atoms with Crippen molar-refractivity contribution in [1.29, 1.82) is 0 Å². The van der Waals surface area contributed by atoms with E-state index in [-0.39, 0.29) is 17.9 Å². The van der Waals surface area contributed by atoms with Crippen molar-refractivity contribution in [3.63, 3.8) is 0 Å². The third-order valence-corrected chi connectivity index (χ3v) is 3.75. The van der Waals surface area contributed by atoms with Crippen LogP contribution < -0.4 is 5.32 Å². The second-order valence-electron chi connectivity index (χ2n) is 5.88. The number of anilines is 1. The summed E-state index contributed by atoms with van der Waals surface area (Å²) in [7, 11) is 0. The molecule has 112 valence electrons. The molecule has 0 saturated carbocycles. The summed E-state index contributed by atoms with van der Waals surface area (Å²) in [6, 6.07) is 2.13. The molecule has 0 aliphatic carbocycles. The summed E-state index contributed by atoms with van der Waals surface area (Å²) in [6.07, 6.45) is 2.64. The van der Waals surface area contributed by atoms with Gasteiger partial charge in [0.05, 0.1) is 12.1 Å². The van der Waals surface area contributed by atoms with Crippen LogP contribution in [0, 0.1) is 5.92 Å². The van der Waals surface area contributed by atoms with Crippen LogP contribution >= 0.6 is 0 Å². The van der Waals surface area contributed by atoms with Crippen LogP contribution in [0.3, 0.4) is 0 Å². The maximum atomic E-state index is 11.0. The van der Waals surface area contributed by atoms with E-state index in [0.29, 0.717) is 18.4 Å². The van der Waals surface area contributed by atoms with E-state index in [1.54, 1.807) is 0 Å². The maximum Gasteiger partial charge on any atom is 0.222 e. The molecule has 0 spiro atoms. The van der Waals surface area contributed by atoms with Gasteiger partial charge in [-0.3, -0.25) is 14.4 Å². The predicted octanol–water partition coefficient (Wildman–Crippen LogP) is 1.11. The number of nitrogens with one attached hydrogen (secondary N) is 1. The number of carbonyl (C=O) groups excluding carboxylic acids is 1. The molecule has 6 nitrogen and oxygen atoms in total. The predicted molar refractivity (Wildman–Crippen MR) is 77.5 cm³/mol. The summed E-state index contributed by atoms with van der Waals surface area (Å²) in [6.45, 7) is 8.13. The average molecular weight is 280 g/mol. The minimum Gasteiger partial charge on any atom is -0.392 e. The lowest BCUT2D eigenvalue weighted by Crippen LogP contribution is -2.33. The van der Waals surface area contributed by atoms with E-state index in [1.165, 1.54) is 6.92 Å². The van der Waals surface area contributed by atoms with Gasteiger partial charge in [0.1, 0.15) is 0 Å². The highest BCUT2D eigenvalue weighted by Gasteiger charge is 2.26. The van der Waals surface area contributed by atoms with E-state index in [2.05, 4.69) is 15.3 Å². The lowest BCUT2D eigenvalue weighted by molar-refractivity contribution is -0.114. The minimum absolute atomic E-state index is 0.108. The van der Waals surface area contributed by atoms with Crippen molar-refractivity contribution in [2.24, 2.45) is 5.92 Å². The first-order valence-electron chi connectivity index (χ1n) is 7.19. The molecule has 2 heterocycles. The lowest BCUT2D eigenvalue weighted by Gasteiger charge is -2.22. The molecule has 1 fully saturated rings. The number of carbonyl (C=O) groups is 1. The summed E-state index contributed by atoms with van der Waals surface area (Å²) in [5.41, 5.74) is 0. The van der Waals surface area contributed by atoms with Gasteiger partial charge >= 0.3 is 0 Å². The van der Waals surface area contributed by atoms with Crippen LogP contribution in [0.4, 0.5) is 5.82 Å². The Kier molecular flexibility index (Phi) is 4.77. The number of aromatic nitrogens is 2. The molecule has 2 rings (SSSR count). The number of amides is 1. The van der Waals surface area contributed by atoms with Gasteiger partial charge in [-0.25, -0.2) is 0 Å². The fraction of sp³-hybridized carbons (Fsp3) is 0.714. The Hall–Kier alpha value is -1.40. The molecule has 0 radical (unpaired) electrons. The number of β-amino-alcohol motifs (C(OH)–C–C–N with tert-alkyl or cyclic N) is 1. The molecule has 2 unspecified atom stereocenters. The highest BCUT2D eigenvalue weighted by atomic mass is 16.3. The second kappa shape index (κ2) is 6.37. The average Bonchev–Trinajstić information content (AvgIpc) is 2.97. The molecular weight excluding hydrogens is 256 g/mol. The molecule has 1 aromatic heterocycles. The Morgan fingerprint density at radius 2 is 2.35 bits per heavy atom. The minimum atomic E-state index is -0.277. The number of hydrogen-bond donors (Lipinski definition) is 2. The largest absolute Gasteiger partial charge is 0.392 e. The van der Waals surface area contributed by atoms with Crippen molar-refractivity contribution in [3.05, 3.63) is 12.3 Å². The van der Waals surface area contributed by atoms with E-state index >= 15 is 0 Å². The molecule has 0 aromatic carbocycles. The SMILES string of the molecule is CC(=O)Nc1ccn(C2CCN(CC(O)C(C)C)C2)n1. The van der Waals surface area contributed by atoms with Gasteiger partial charge in [0.15, 0.2) is 5.82 Å². The molecular formula is C14H24N4O2. The Labute approximate surface area is 119 Å². The van der Waals surface area contributed by atoms with Gasteiger partial charge < -0.3 is 10.4 Å². The maximum absolute atomic E-state index is 11.0. The standard InChI is InChI=1S/C14H24N4O2/c1-10(2)13(20)9-17-6-4-12(8-17)18-7-5-14(16-18)15-11(3)19/h5,7,10,12-13,20H,4,6,8-9H2,1-3H3,(H,15,16,19). The van der Waals surface area contributed by atoms with Gasteiger partial charge in [-0.15, -0.1) is 0 Å². The molecule has 1 saturated heterocycles. The fourth-order valence-electron chi connectivity index (χ4n) is 2.46. The van der Waals surface area contributed by atoms with E-state index in [9.17, 15) is 9.90 Å². The summed E-state index contributed by atoms with van der Waals surface area (Å²) in [5.74, 6) is 0.770. The third kappa shape index (κ3) is 3.80. The molecule has 0 bridgehead atoms. The topological polar surface area (TPSA) is 70.4 Å². The summed E-state index contributed by atoms with van der Waals surface area (Å²) in [5, 5.41) is 17.0. The number of rotatable bonds is 5. The summed E-state index contributed by atoms with van der Waals surface area (Å²) in [4.78, 5) is 13.3. The molecule has 1 aliphatic heterocycles. The zero-order valence-electron chi connectivity index (χ0n) is 12.4. The van der Waals surface area contributed by atoms with Gasteiger partial charge in [-0.2, -0.15) is 5.10 Å². The van der Waals surface area contributed by atoms with Crippen LogP contribution in [0.25, 0.3) is 0 Å². The van der Waals surface area contributed by atoms with Crippen LogP contribution in [-0.4, -0.2) is 51.4 Å². The van der Waals surface area contributed by atoms with Crippen LogP contribution in [-0.2, 0) is 4.79 Å². The first-order chi connectivity index (χ1) is 9.45. The smallest absolute Gasteiger partial charge is 0.222 e. The molecule has 6 heteroatoms. The second-order valence-corrected chi connectivity index (χ2v) is 5.88. The number of hydrogen-bond acceptors (Lipinski definition) is 4. The molecule has 2 N–H and O–H groups in total. The van der Waals surface area contributed by atoms with Crippen molar-refractivity contribution >= 4 is 11.7 Å². The zero-order valence-corrected chi connectivity index (χ0v) is 12.4. The molecule has 2 atom stereocenters. The highest BCUT2D eigenvalue weighted by Crippen LogP contribution is 2.22. The van der Waals surface area contributed by atoms with Gasteiger partial charge in [-0.1, -0.05) is 13.8 Å². The first-order valence-corrected chi connectivity index (χ1v) is 7.19. The van der Waals surface area contributed by atoms with Crippen LogP contribution in [0.15, 0.2) is 12.3 Å². The first kappa shape index (κ1) is 15.0. The number of aliphatic hydroxyl groups excluding tert-OH is 1. The van der Waals surface area contributed by atoms with Crippen molar-refractivity contribution in [2.75, 3.05) is 25.0 Å². The third-order valence-electron chi connectivity index (χ3n) is 3.75. The normalized spacial score (nSPS) is 21.4. The van der Waals surface area contributed by atoms with E-state index in [1.807, 2.05) is 30.8 Å². The van der Waals surface area contributed by atoms with Crippen LogP contribution in [0.2, 0.25) is 0 Å². The van der Waals surface area contributed by atoms with Gasteiger partial charge in [0.25, 0.3) is 0 Å². The van der Waals surface area contributed by atoms with Crippen molar-refractivity contribution in [3.8, 4) is 0 Å². The quantitative estimate of drug-likeness (QED) is 0.847. The monoisotopic (exact) mass is 280 g/mol. The summed E-state index contributed by atoms with van der Waals surface area (Å²) >= 11 is 0. The number of nitrogens with zero attached hydrogens (tertiary/aromatic N) is 3. The molecule has 1 amide bonds. The van der Waals surface area contributed by atoms with Crippen LogP contribution in [0.1, 0.15) is 33.2 Å².